The summed E-state index contributed by atoms with van der Waals surface area (Å²) in [5, 5.41) is 0. The van der Waals surface area contributed by atoms with Crippen LogP contribution in [0.25, 0.3) is 0 Å². The van der Waals surface area contributed by atoms with Gasteiger partial charge in [0, 0.05) is 19.0 Å². The summed E-state index contributed by atoms with van der Waals surface area (Å²) in [4.78, 5) is 14.8. The molecule has 0 spiro atoms. The Bertz CT molecular complexity index is 284. The number of hydrogen-bond acceptors (Lipinski definition) is 2. The lowest BCUT2D eigenvalue weighted by Crippen LogP contribution is -2.47. The maximum atomic E-state index is 12.7. The van der Waals surface area contributed by atoms with Gasteiger partial charge in [-0.05, 0) is 37.6 Å². The van der Waals surface area contributed by atoms with Crippen molar-refractivity contribution in [2.24, 2.45) is 23.5 Å². The standard InChI is InChI=1S/C16H30N2O/c1-13-9-10-18(12-15(13)11-17)16(19)14-7-5-3-2-4-6-8-14/h13-15H,2-12,17H2,1H3. The van der Waals surface area contributed by atoms with Gasteiger partial charge in [-0.1, -0.05) is 39.0 Å². The molecule has 0 aromatic heterocycles. The normalized spacial score (nSPS) is 30.7. The monoisotopic (exact) mass is 266 g/mol. The summed E-state index contributed by atoms with van der Waals surface area (Å²) in [6.07, 6.45) is 9.80. The molecule has 0 aromatic carbocycles. The molecular formula is C16H30N2O. The molecule has 1 saturated heterocycles. The van der Waals surface area contributed by atoms with Crippen molar-refractivity contribution in [1.82, 2.24) is 4.90 Å². The average molecular weight is 266 g/mol. The van der Waals surface area contributed by atoms with Crippen molar-refractivity contribution in [3.63, 3.8) is 0 Å². The molecule has 2 aliphatic rings. The lowest BCUT2D eigenvalue weighted by Gasteiger charge is -2.38. The van der Waals surface area contributed by atoms with Crippen molar-refractivity contribution in [3.05, 3.63) is 0 Å². The highest BCUT2D eigenvalue weighted by atomic mass is 16.2. The van der Waals surface area contributed by atoms with Gasteiger partial charge in [0.2, 0.25) is 5.91 Å². The summed E-state index contributed by atoms with van der Waals surface area (Å²) in [6.45, 7) is 4.84. The first kappa shape index (κ1) is 14.8. The van der Waals surface area contributed by atoms with E-state index in [-0.39, 0.29) is 0 Å². The quantitative estimate of drug-likeness (QED) is 0.835. The zero-order chi connectivity index (χ0) is 13.7. The molecule has 2 fully saturated rings. The van der Waals surface area contributed by atoms with E-state index in [9.17, 15) is 4.79 Å². The molecule has 2 rings (SSSR count). The predicted molar refractivity (Wildman–Crippen MR) is 78.7 cm³/mol. The third-order valence-electron chi connectivity index (χ3n) is 5.18. The second kappa shape index (κ2) is 7.28. The molecule has 2 unspecified atom stereocenters. The summed E-state index contributed by atoms with van der Waals surface area (Å²) < 4.78 is 0. The van der Waals surface area contributed by atoms with Gasteiger partial charge in [-0.3, -0.25) is 4.79 Å². The zero-order valence-electron chi connectivity index (χ0n) is 12.4. The average Bonchev–Trinajstić information content (AvgIpc) is 2.38. The molecule has 0 bridgehead atoms. The lowest BCUT2D eigenvalue weighted by atomic mass is 9.85. The minimum atomic E-state index is 0.298. The van der Waals surface area contributed by atoms with Crippen LogP contribution in [0.4, 0.5) is 0 Å². The summed E-state index contributed by atoms with van der Waals surface area (Å²) in [5.74, 6) is 1.90. The Morgan fingerprint density at radius 3 is 2.37 bits per heavy atom. The highest BCUT2D eigenvalue weighted by molar-refractivity contribution is 5.79. The van der Waals surface area contributed by atoms with Crippen LogP contribution in [0.5, 0.6) is 0 Å². The summed E-state index contributed by atoms with van der Waals surface area (Å²) >= 11 is 0. The summed E-state index contributed by atoms with van der Waals surface area (Å²) in [6, 6.07) is 0. The summed E-state index contributed by atoms with van der Waals surface area (Å²) in [7, 11) is 0. The van der Waals surface area contributed by atoms with Gasteiger partial charge < -0.3 is 10.6 Å². The van der Waals surface area contributed by atoms with E-state index in [0.29, 0.717) is 23.7 Å². The van der Waals surface area contributed by atoms with Crippen LogP contribution in [0.15, 0.2) is 0 Å². The Kier molecular flexibility index (Phi) is 5.68. The molecule has 2 atom stereocenters. The van der Waals surface area contributed by atoms with Gasteiger partial charge in [-0.2, -0.15) is 0 Å². The Morgan fingerprint density at radius 2 is 1.74 bits per heavy atom. The van der Waals surface area contributed by atoms with Gasteiger partial charge in [0.25, 0.3) is 0 Å². The smallest absolute Gasteiger partial charge is 0.225 e. The topological polar surface area (TPSA) is 46.3 Å². The van der Waals surface area contributed by atoms with E-state index >= 15 is 0 Å². The number of rotatable bonds is 2. The fraction of sp³-hybridized carbons (Fsp3) is 0.938. The van der Waals surface area contributed by atoms with Crippen LogP contribution < -0.4 is 5.73 Å². The van der Waals surface area contributed by atoms with Crippen molar-refractivity contribution in [2.45, 2.75) is 58.3 Å². The van der Waals surface area contributed by atoms with E-state index in [0.717, 1.165) is 38.9 Å². The second-order valence-electron chi connectivity index (χ2n) is 6.59. The molecule has 1 heterocycles. The van der Waals surface area contributed by atoms with Crippen molar-refractivity contribution < 1.29 is 4.79 Å². The van der Waals surface area contributed by atoms with Gasteiger partial charge in [-0.25, -0.2) is 0 Å². The lowest BCUT2D eigenvalue weighted by molar-refractivity contribution is -0.138. The SMILES string of the molecule is CC1CCN(C(=O)C2CCCCCCC2)CC1CN. The molecule has 19 heavy (non-hydrogen) atoms. The number of carbonyl (C=O) groups excluding carboxylic acids is 1. The first-order valence-electron chi connectivity index (χ1n) is 8.21. The van der Waals surface area contributed by atoms with Crippen LogP contribution in [-0.4, -0.2) is 30.4 Å². The van der Waals surface area contributed by atoms with Crippen molar-refractivity contribution >= 4 is 5.91 Å². The first-order chi connectivity index (χ1) is 9.22. The fourth-order valence-corrected chi connectivity index (χ4v) is 3.62. The Balaban J connectivity index is 1.90. The van der Waals surface area contributed by atoms with Crippen LogP contribution in [-0.2, 0) is 4.79 Å². The van der Waals surface area contributed by atoms with Gasteiger partial charge >= 0.3 is 0 Å². The van der Waals surface area contributed by atoms with Crippen molar-refractivity contribution in [3.8, 4) is 0 Å². The molecule has 1 saturated carbocycles. The summed E-state index contributed by atoms with van der Waals surface area (Å²) in [5.41, 5.74) is 5.84. The molecule has 3 nitrogen and oxygen atoms in total. The van der Waals surface area contributed by atoms with Gasteiger partial charge in [-0.15, -0.1) is 0 Å². The fourth-order valence-electron chi connectivity index (χ4n) is 3.62. The second-order valence-corrected chi connectivity index (χ2v) is 6.59. The van der Waals surface area contributed by atoms with Crippen LogP contribution in [0.1, 0.15) is 58.3 Å². The van der Waals surface area contributed by atoms with E-state index in [1.54, 1.807) is 0 Å². The van der Waals surface area contributed by atoms with Crippen LogP contribution in [0.3, 0.4) is 0 Å². The minimum absolute atomic E-state index is 0.298. The number of amides is 1. The van der Waals surface area contributed by atoms with E-state index in [4.69, 9.17) is 5.73 Å². The Labute approximate surface area is 117 Å². The van der Waals surface area contributed by atoms with Gasteiger partial charge in [0.1, 0.15) is 0 Å². The van der Waals surface area contributed by atoms with E-state index in [2.05, 4.69) is 11.8 Å². The van der Waals surface area contributed by atoms with Crippen LogP contribution in [0, 0.1) is 17.8 Å². The first-order valence-corrected chi connectivity index (χ1v) is 8.21. The molecule has 0 radical (unpaired) electrons. The molecule has 1 aliphatic carbocycles. The van der Waals surface area contributed by atoms with E-state index < -0.39 is 0 Å². The zero-order valence-corrected chi connectivity index (χ0v) is 12.4. The molecule has 1 aliphatic heterocycles. The van der Waals surface area contributed by atoms with Crippen LogP contribution in [0.2, 0.25) is 0 Å². The minimum Gasteiger partial charge on any atom is -0.342 e. The van der Waals surface area contributed by atoms with E-state index in [1.807, 2.05) is 0 Å². The number of nitrogens with zero attached hydrogens (tertiary/aromatic N) is 1. The van der Waals surface area contributed by atoms with Crippen molar-refractivity contribution in [2.75, 3.05) is 19.6 Å². The van der Waals surface area contributed by atoms with E-state index in [1.165, 1.54) is 32.1 Å². The maximum Gasteiger partial charge on any atom is 0.225 e. The third-order valence-corrected chi connectivity index (χ3v) is 5.18. The molecule has 2 N–H and O–H groups in total. The number of piperidine rings is 1. The maximum absolute atomic E-state index is 12.7. The number of carbonyl (C=O) groups is 1. The molecule has 0 aromatic rings. The molecular weight excluding hydrogens is 236 g/mol. The van der Waals surface area contributed by atoms with Crippen molar-refractivity contribution in [1.29, 1.82) is 0 Å². The molecule has 3 heteroatoms. The van der Waals surface area contributed by atoms with Gasteiger partial charge in [0.15, 0.2) is 0 Å². The Hall–Kier alpha value is -0.570. The largest absolute Gasteiger partial charge is 0.342 e. The Morgan fingerprint density at radius 1 is 1.11 bits per heavy atom. The molecule has 110 valence electrons. The third kappa shape index (κ3) is 3.95. The highest BCUT2D eigenvalue weighted by Crippen LogP contribution is 2.28. The number of nitrogens with two attached hydrogens (primary N) is 1. The predicted octanol–water partition coefficient (Wildman–Crippen LogP) is 2.79. The van der Waals surface area contributed by atoms with Gasteiger partial charge in [0.05, 0.1) is 0 Å². The number of likely N-dealkylation sites (tertiary alicyclic amines) is 1. The highest BCUT2D eigenvalue weighted by Gasteiger charge is 2.31. The molecule has 1 amide bonds. The number of hydrogen-bond donors (Lipinski definition) is 1. The van der Waals surface area contributed by atoms with Crippen LogP contribution >= 0.6 is 0 Å².